The molecule has 0 amide bonds. The van der Waals surface area contributed by atoms with E-state index >= 15 is 0 Å². The van der Waals surface area contributed by atoms with Crippen molar-refractivity contribution in [2.24, 2.45) is 0 Å². The Kier molecular flexibility index (Phi) is 1.39. The van der Waals surface area contributed by atoms with E-state index in [1.54, 1.807) is 11.3 Å². The summed E-state index contributed by atoms with van der Waals surface area (Å²) < 4.78 is 0. The minimum Gasteiger partial charge on any atom is -0.146 e. The van der Waals surface area contributed by atoms with Gasteiger partial charge in [-0.05, 0) is 32.4 Å². The maximum Gasteiger partial charge on any atom is 0.00491 e. The largest absolute Gasteiger partial charge is 0.146 e. The zero-order chi connectivity index (χ0) is 6.15. The van der Waals surface area contributed by atoms with Crippen molar-refractivity contribution >= 4 is 11.3 Å². The van der Waals surface area contributed by atoms with Crippen molar-refractivity contribution in [1.82, 2.24) is 0 Å². The molecule has 0 saturated heterocycles. The summed E-state index contributed by atoms with van der Waals surface area (Å²) in [6.07, 6.45) is 0. The van der Waals surface area contributed by atoms with Crippen LogP contribution in [0.3, 0.4) is 0 Å². The lowest BCUT2D eigenvalue weighted by atomic mass is 10.3. The lowest BCUT2D eigenvalue weighted by Gasteiger charge is -1.79. The van der Waals surface area contributed by atoms with E-state index in [2.05, 4.69) is 26.8 Å². The van der Waals surface area contributed by atoms with Crippen molar-refractivity contribution in [3.63, 3.8) is 0 Å². The molecule has 1 rings (SSSR count). The number of aryl methyl sites for hydroxylation is 2. The molecule has 0 aliphatic rings. The van der Waals surface area contributed by atoms with Gasteiger partial charge in [-0.1, -0.05) is 0 Å². The van der Waals surface area contributed by atoms with E-state index in [1.807, 2.05) is 0 Å². The summed E-state index contributed by atoms with van der Waals surface area (Å²) in [4.78, 5) is 2.69. The monoisotopic (exact) mass is 125 g/mol. The summed E-state index contributed by atoms with van der Waals surface area (Å²) >= 11 is 1.81. The van der Waals surface area contributed by atoms with Crippen molar-refractivity contribution < 1.29 is 0 Å². The molecule has 0 saturated carbocycles. The first kappa shape index (κ1) is 5.83. The van der Waals surface area contributed by atoms with Crippen LogP contribution in [0, 0.1) is 20.8 Å². The normalized spacial score (nSPS) is 9.88. The molecule has 0 aliphatic carbocycles. The summed E-state index contributed by atoms with van der Waals surface area (Å²) in [5.41, 5.74) is 1.17. The average molecular weight is 125 g/mol. The second-order valence-electron chi connectivity index (χ2n) is 1.94. The molecule has 1 heteroatoms. The van der Waals surface area contributed by atoms with Gasteiger partial charge in [0.2, 0.25) is 0 Å². The van der Waals surface area contributed by atoms with Gasteiger partial charge in [-0.2, -0.15) is 0 Å². The Morgan fingerprint density at radius 3 is 2.25 bits per heavy atom. The third-order valence-corrected chi connectivity index (χ3v) is 2.15. The summed E-state index contributed by atoms with van der Waals surface area (Å²) in [6.45, 7) is 8.05. The molecule has 0 spiro atoms. The standard InChI is InChI=1S/C7H9S/c1-5-4-6(2)8-7(5)3/h4H,1H2,2-3H3. The van der Waals surface area contributed by atoms with Crippen LogP contribution in [-0.2, 0) is 0 Å². The smallest absolute Gasteiger partial charge is 0.00491 e. The highest BCUT2D eigenvalue weighted by Gasteiger charge is 1.93. The van der Waals surface area contributed by atoms with Crippen LogP contribution in [0.4, 0.5) is 0 Å². The van der Waals surface area contributed by atoms with Gasteiger partial charge in [-0.25, -0.2) is 0 Å². The Bertz CT molecular complexity index is 167. The third kappa shape index (κ3) is 0.920. The fourth-order valence-corrected chi connectivity index (χ4v) is 1.56. The van der Waals surface area contributed by atoms with Gasteiger partial charge in [0.05, 0.1) is 0 Å². The highest BCUT2D eigenvalue weighted by Crippen LogP contribution is 2.18. The second-order valence-corrected chi connectivity index (χ2v) is 3.40. The molecular weight excluding hydrogens is 116 g/mol. The molecule has 0 aromatic carbocycles. The minimum atomic E-state index is 1.17. The van der Waals surface area contributed by atoms with E-state index in [0.29, 0.717) is 0 Å². The Morgan fingerprint density at radius 2 is 2.12 bits per heavy atom. The van der Waals surface area contributed by atoms with Crippen LogP contribution in [0.2, 0.25) is 0 Å². The average Bonchev–Trinajstić information content (AvgIpc) is 1.85. The first-order chi connectivity index (χ1) is 3.70. The van der Waals surface area contributed by atoms with Crippen molar-refractivity contribution in [2.45, 2.75) is 13.8 Å². The zero-order valence-electron chi connectivity index (χ0n) is 5.19. The van der Waals surface area contributed by atoms with Gasteiger partial charge in [-0.3, -0.25) is 0 Å². The van der Waals surface area contributed by atoms with E-state index in [0.717, 1.165) is 0 Å². The molecule has 0 fully saturated rings. The van der Waals surface area contributed by atoms with Crippen LogP contribution in [0.15, 0.2) is 6.07 Å². The lowest BCUT2D eigenvalue weighted by molar-refractivity contribution is 1.54. The van der Waals surface area contributed by atoms with Crippen LogP contribution in [0.25, 0.3) is 0 Å². The summed E-state index contributed by atoms with van der Waals surface area (Å²) in [6, 6.07) is 2.11. The predicted octanol–water partition coefficient (Wildman–Crippen LogP) is 2.55. The molecule has 0 unspecified atom stereocenters. The van der Waals surface area contributed by atoms with Gasteiger partial charge in [0.1, 0.15) is 0 Å². The van der Waals surface area contributed by atoms with Crippen molar-refractivity contribution in [3.05, 3.63) is 28.3 Å². The predicted molar refractivity (Wildman–Crippen MR) is 38.3 cm³/mol. The van der Waals surface area contributed by atoms with E-state index < -0.39 is 0 Å². The first-order valence-electron chi connectivity index (χ1n) is 2.59. The zero-order valence-corrected chi connectivity index (χ0v) is 6.01. The van der Waals surface area contributed by atoms with Gasteiger partial charge >= 0.3 is 0 Å². The van der Waals surface area contributed by atoms with E-state index in [1.165, 1.54) is 15.3 Å². The molecule has 0 N–H and O–H groups in total. The van der Waals surface area contributed by atoms with Crippen LogP contribution in [0.5, 0.6) is 0 Å². The van der Waals surface area contributed by atoms with E-state index in [-0.39, 0.29) is 0 Å². The maximum atomic E-state index is 3.85. The highest BCUT2D eigenvalue weighted by molar-refractivity contribution is 7.12. The molecule has 8 heavy (non-hydrogen) atoms. The quantitative estimate of drug-likeness (QED) is 0.500. The molecule has 1 aromatic rings. The minimum absolute atomic E-state index is 1.17. The van der Waals surface area contributed by atoms with Gasteiger partial charge in [0, 0.05) is 9.75 Å². The number of rotatable bonds is 0. The van der Waals surface area contributed by atoms with Crippen molar-refractivity contribution in [1.29, 1.82) is 0 Å². The molecule has 43 valence electrons. The number of hydrogen-bond acceptors (Lipinski definition) is 1. The Morgan fingerprint density at radius 1 is 1.50 bits per heavy atom. The third-order valence-electron chi connectivity index (χ3n) is 1.14. The van der Waals surface area contributed by atoms with Crippen LogP contribution < -0.4 is 0 Å². The highest BCUT2D eigenvalue weighted by atomic mass is 32.1. The molecule has 1 aromatic heterocycles. The molecule has 0 atom stereocenters. The maximum absolute atomic E-state index is 3.85. The van der Waals surface area contributed by atoms with E-state index in [9.17, 15) is 0 Å². The summed E-state index contributed by atoms with van der Waals surface area (Å²) in [7, 11) is 0. The van der Waals surface area contributed by atoms with Gasteiger partial charge in [0.15, 0.2) is 0 Å². The SMILES string of the molecule is [CH2]c1cc(C)sc1C. The van der Waals surface area contributed by atoms with Gasteiger partial charge in [0.25, 0.3) is 0 Å². The molecule has 0 bridgehead atoms. The van der Waals surface area contributed by atoms with Crippen molar-refractivity contribution in [2.75, 3.05) is 0 Å². The molecule has 1 radical (unpaired) electrons. The fraction of sp³-hybridized carbons (Fsp3) is 0.286. The van der Waals surface area contributed by atoms with Crippen molar-refractivity contribution in [3.8, 4) is 0 Å². The lowest BCUT2D eigenvalue weighted by Crippen LogP contribution is -1.62. The van der Waals surface area contributed by atoms with Crippen LogP contribution in [0.1, 0.15) is 15.3 Å². The van der Waals surface area contributed by atoms with Crippen LogP contribution in [-0.4, -0.2) is 0 Å². The topological polar surface area (TPSA) is 0 Å². The van der Waals surface area contributed by atoms with Gasteiger partial charge < -0.3 is 0 Å². The Hall–Kier alpha value is -0.300. The number of hydrogen-bond donors (Lipinski definition) is 0. The van der Waals surface area contributed by atoms with Gasteiger partial charge in [-0.15, -0.1) is 11.3 Å². The molecule has 0 nitrogen and oxygen atoms in total. The summed E-state index contributed by atoms with van der Waals surface area (Å²) in [5.74, 6) is 0. The number of thiophene rings is 1. The fourth-order valence-electron chi connectivity index (χ4n) is 0.683. The molecule has 1 heterocycles. The molecule has 0 aliphatic heterocycles. The second kappa shape index (κ2) is 1.90. The molecular formula is C7H9S. The first-order valence-corrected chi connectivity index (χ1v) is 3.41. The Labute approximate surface area is 54.2 Å². The van der Waals surface area contributed by atoms with E-state index in [4.69, 9.17) is 0 Å². The Balaban J connectivity index is 3.14. The summed E-state index contributed by atoms with van der Waals surface area (Å²) in [5, 5.41) is 0. The van der Waals surface area contributed by atoms with Crippen LogP contribution >= 0.6 is 11.3 Å².